The summed E-state index contributed by atoms with van der Waals surface area (Å²) in [4.78, 5) is 0. The molecule has 0 amide bonds. The van der Waals surface area contributed by atoms with Gasteiger partial charge in [0.2, 0.25) is 5.13 Å². The van der Waals surface area contributed by atoms with Gasteiger partial charge in [-0.1, -0.05) is 29.5 Å². The van der Waals surface area contributed by atoms with Gasteiger partial charge in [0.25, 0.3) is 0 Å². The number of aromatic nitrogens is 2. The highest BCUT2D eigenvalue weighted by atomic mass is 32.1. The normalized spacial score (nSPS) is 11.0. The Labute approximate surface area is 101 Å². The lowest BCUT2D eigenvalue weighted by atomic mass is 10.1. The summed E-state index contributed by atoms with van der Waals surface area (Å²) in [6.07, 6.45) is 0.818. The van der Waals surface area contributed by atoms with Gasteiger partial charge in [0.15, 0.2) is 0 Å². The van der Waals surface area contributed by atoms with Gasteiger partial charge in [0, 0.05) is 11.1 Å². The minimum absolute atomic E-state index is 0.537. The molecule has 5 heteroatoms. The molecule has 3 rings (SSSR count). The summed E-state index contributed by atoms with van der Waals surface area (Å²) in [6, 6.07) is 8.40. The predicted octanol–water partition coefficient (Wildman–Crippen LogP) is 2.93. The molecule has 1 aromatic carbocycles. The Kier molecular flexibility index (Phi) is 2.34. The zero-order chi connectivity index (χ0) is 11.0. The smallest absolute Gasteiger partial charge is 0.203 e. The Hall–Kier alpha value is -1.46. The maximum Gasteiger partial charge on any atom is 0.203 e. The van der Waals surface area contributed by atoms with Crippen molar-refractivity contribution in [1.29, 1.82) is 0 Å². The van der Waals surface area contributed by atoms with Crippen LogP contribution in [0.2, 0.25) is 0 Å². The van der Waals surface area contributed by atoms with E-state index < -0.39 is 0 Å². The van der Waals surface area contributed by atoms with Crippen LogP contribution < -0.4 is 5.73 Å². The lowest BCUT2D eigenvalue weighted by Gasteiger charge is -1.94. The molecule has 2 heterocycles. The molecular weight excluding hydrogens is 238 g/mol. The van der Waals surface area contributed by atoms with Crippen LogP contribution in [-0.2, 0) is 6.42 Å². The number of hydrogen-bond acceptors (Lipinski definition) is 5. The number of benzene rings is 1. The molecule has 0 aliphatic heterocycles. The van der Waals surface area contributed by atoms with Crippen molar-refractivity contribution in [2.45, 2.75) is 6.42 Å². The summed E-state index contributed by atoms with van der Waals surface area (Å²) >= 11 is 3.22. The highest BCUT2D eigenvalue weighted by Crippen LogP contribution is 2.28. The summed E-state index contributed by atoms with van der Waals surface area (Å²) in [7, 11) is 0. The first-order valence-corrected chi connectivity index (χ1v) is 6.55. The summed E-state index contributed by atoms with van der Waals surface area (Å²) in [5, 5.41) is 12.9. The van der Waals surface area contributed by atoms with E-state index in [0.29, 0.717) is 5.13 Å². The molecule has 0 spiro atoms. The second kappa shape index (κ2) is 3.84. The van der Waals surface area contributed by atoms with E-state index in [1.807, 2.05) is 0 Å². The maximum absolute atomic E-state index is 5.57. The van der Waals surface area contributed by atoms with Crippen molar-refractivity contribution >= 4 is 37.9 Å². The largest absolute Gasteiger partial charge is 0.374 e. The Morgan fingerprint density at radius 2 is 2.06 bits per heavy atom. The van der Waals surface area contributed by atoms with Crippen LogP contribution in [0.15, 0.2) is 29.6 Å². The minimum atomic E-state index is 0.537. The second-order valence-electron chi connectivity index (χ2n) is 3.47. The number of nitrogen functional groups attached to an aromatic ring is 1. The molecule has 0 saturated heterocycles. The molecule has 16 heavy (non-hydrogen) atoms. The van der Waals surface area contributed by atoms with Gasteiger partial charge in [-0.2, -0.15) is 0 Å². The SMILES string of the molecule is Nc1nnc(Cc2csc3ccccc23)s1. The number of fused-ring (bicyclic) bond motifs is 1. The third-order valence-electron chi connectivity index (χ3n) is 2.39. The third-order valence-corrected chi connectivity index (χ3v) is 4.15. The number of thiophene rings is 1. The average Bonchev–Trinajstić information content (AvgIpc) is 2.87. The molecule has 0 aliphatic carbocycles. The minimum Gasteiger partial charge on any atom is -0.374 e. The van der Waals surface area contributed by atoms with E-state index in [1.165, 1.54) is 27.0 Å². The van der Waals surface area contributed by atoms with Gasteiger partial charge >= 0.3 is 0 Å². The van der Waals surface area contributed by atoms with Crippen LogP contribution in [0, 0.1) is 0 Å². The summed E-state index contributed by atoms with van der Waals surface area (Å²) in [6.45, 7) is 0. The molecule has 0 atom stereocenters. The molecule has 3 aromatic rings. The highest BCUT2D eigenvalue weighted by Gasteiger charge is 2.07. The van der Waals surface area contributed by atoms with Crippen molar-refractivity contribution in [2.24, 2.45) is 0 Å². The van der Waals surface area contributed by atoms with Crippen LogP contribution in [0.5, 0.6) is 0 Å². The van der Waals surface area contributed by atoms with Gasteiger partial charge in [-0.3, -0.25) is 0 Å². The molecule has 80 valence electrons. The van der Waals surface area contributed by atoms with E-state index in [1.54, 1.807) is 11.3 Å². The van der Waals surface area contributed by atoms with Crippen molar-refractivity contribution in [3.8, 4) is 0 Å². The molecule has 3 nitrogen and oxygen atoms in total. The maximum atomic E-state index is 5.57. The zero-order valence-electron chi connectivity index (χ0n) is 8.38. The van der Waals surface area contributed by atoms with Crippen molar-refractivity contribution < 1.29 is 0 Å². The van der Waals surface area contributed by atoms with Gasteiger partial charge in [-0.25, -0.2) is 0 Å². The van der Waals surface area contributed by atoms with Crippen LogP contribution in [0.4, 0.5) is 5.13 Å². The fourth-order valence-electron chi connectivity index (χ4n) is 1.67. The summed E-state index contributed by atoms with van der Waals surface area (Å²) in [5.74, 6) is 0. The molecule has 0 fully saturated rings. The standard InChI is InChI=1S/C11H9N3S2/c12-11-14-13-10(16-11)5-7-6-15-9-4-2-1-3-8(7)9/h1-4,6H,5H2,(H2,12,14). The van der Waals surface area contributed by atoms with Crippen LogP contribution in [0.3, 0.4) is 0 Å². The lowest BCUT2D eigenvalue weighted by molar-refractivity contribution is 1.01. The van der Waals surface area contributed by atoms with Gasteiger partial charge in [0.05, 0.1) is 0 Å². The Morgan fingerprint density at radius 1 is 1.19 bits per heavy atom. The topological polar surface area (TPSA) is 51.8 Å². The molecule has 2 aromatic heterocycles. The number of nitrogens with two attached hydrogens (primary N) is 1. The Bertz CT molecular complexity index is 627. The van der Waals surface area contributed by atoms with Gasteiger partial charge < -0.3 is 5.73 Å². The van der Waals surface area contributed by atoms with Crippen LogP contribution in [0.25, 0.3) is 10.1 Å². The Balaban J connectivity index is 2.00. The average molecular weight is 247 g/mol. The van der Waals surface area contributed by atoms with Gasteiger partial charge in [-0.15, -0.1) is 21.5 Å². The fourth-order valence-corrected chi connectivity index (χ4v) is 3.27. The van der Waals surface area contributed by atoms with Crippen LogP contribution in [-0.4, -0.2) is 10.2 Å². The van der Waals surface area contributed by atoms with E-state index in [2.05, 4.69) is 39.8 Å². The predicted molar refractivity (Wildman–Crippen MR) is 69.0 cm³/mol. The number of anilines is 1. The molecule has 0 bridgehead atoms. The number of rotatable bonds is 2. The quantitative estimate of drug-likeness (QED) is 0.757. The van der Waals surface area contributed by atoms with Crippen molar-refractivity contribution in [3.05, 3.63) is 40.2 Å². The summed E-state index contributed by atoms with van der Waals surface area (Å²) < 4.78 is 1.31. The first-order valence-electron chi connectivity index (χ1n) is 4.86. The highest BCUT2D eigenvalue weighted by molar-refractivity contribution is 7.17. The second-order valence-corrected chi connectivity index (χ2v) is 5.47. The first-order chi connectivity index (χ1) is 7.83. The molecule has 0 saturated carbocycles. The van der Waals surface area contributed by atoms with E-state index in [9.17, 15) is 0 Å². The van der Waals surface area contributed by atoms with E-state index in [4.69, 9.17) is 5.73 Å². The zero-order valence-corrected chi connectivity index (χ0v) is 10.0. The first kappa shape index (κ1) is 9.74. The van der Waals surface area contributed by atoms with E-state index in [-0.39, 0.29) is 0 Å². The molecule has 2 N–H and O–H groups in total. The van der Waals surface area contributed by atoms with E-state index in [0.717, 1.165) is 11.4 Å². The summed E-state index contributed by atoms with van der Waals surface area (Å²) in [5.41, 5.74) is 6.87. The van der Waals surface area contributed by atoms with E-state index >= 15 is 0 Å². The number of hydrogen-bond donors (Lipinski definition) is 1. The Morgan fingerprint density at radius 3 is 2.88 bits per heavy atom. The monoisotopic (exact) mass is 247 g/mol. The fraction of sp³-hybridized carbons (Fsp3) is 0.0909. The van der Waals surface area contributed by atoms with Crippen LogP contribution in [0.1, 0.15) is 10.6 Å². The van der Waals surface area contributed by atoms with Gasteiger partial charge in [0.1, 0.15) is 5.01 Å². The molecular formula is C11H9N3S2. The molecule has 0 radical (unpaired) electrons. The van der Waals surface area contributed by atoms with Gasteiger partial charge in [-0.05, 0) is 22.4 Å². The molecule has 0 unspecified atom stereocenters. The number of nitrogens with zero attached hydrogens (tertiary/aromatic N) is 2. The van der Waals surface area contributed by atoms with Crippen molar-refractivity contribution in [2.75, 3.05) is 5.73 Å². The van der Waals surface area contributed by atoms with Crippen LogP contribution >= 0.6 is 22.7 Å². The van der Waals surface area contributed by atoms with Crippen molar-refractivity contribution in [1.82, 2.24) is 10.2 Å². The third kappa shape index (κ3) is 1.68. The molecule has 0 aliphatic rings. The lowest BCUT2D eigenvalue weighted by Crippen LogP contribution is -1.85. The van der Waals surface area contributed by atoms with Crippen molar-refractivity contribution in [3.63, 3.8) is 0 Å².